The summed E-state index contributed by atoms with van der Waals surface area (Å²) in [6.45, 7) is 1.06. The fraction of sp³-hybridized carbons (Fsp3) is 0.500. The van der Waals surface area contributed by atoms with Gasteiger partial charge >= 0.3 is 0 Å². The molecule has 1 unspecified atom stereocenters. The van der Waals surface area contributed by atoms with Crippen molar-refractivity contribution in [2.45, 2.75) is 18.9 Å². The van der Waals surface area contributed by atoms with Crippen LogP contribution in [0, 0.1) is 0 Å². The van der Waals surface area contributed by atoms with Crippen LogP contribution in [0.5, 0.6) is 0 Å². The molecule has 4 N–H and O–H groups in total. The molecule has 0 aromatic heterocycles. The molecule has 7 heteroatoms. The monoisotopic (exact) mass is 285 g/mol. The average Bonchev–Trinajstić information content (AvgIpc) is 2.91. The maximum atomic E-state index is 11.9. The van der Waals surface area contributed by atoms with Gasteiger partial charge in [0, 0.05) is 25.3 Å². The van der Waals surface area contributed by atoms with Crippen LogP contribution in [-0.2, 0) is 10.2 Å². The zero-order chi connectivity index (χ0) is 13.9. The maximum absolute atomic E-state index is 11.9. The van der Waals surface area contributed by atoms with E-state index in [1.54, 1.807) is 24.3 Å². The number of hydrogen-bond donors (Lipinski definition) is 3. The molecule has 1 aromatic carbocycles. The Morgan fingerprint density at radius 2 is 1.84 bits per heavy atom. The number of anilines is 1. The minimum Gasteiger partial charge on any atom is -0.399 e. The minimum absolute atomic E-state index is 0.0389. The first-order valence-electron chi connectivity index (χ1n) is 6.27. The van der Waals surface area contributed by atoms with E-state index in [9.17, 15) is 13.5 Å². The van der Waals surface area contributed by atoms with E-state index in [-0.39, 0.29) is 6.54 Å². The molecule has 0 aliphatic carbocycles. The van der Waals surface area contributed by atoms with E-state index in [0.717, 1.165) is 12.8 Å². The number of nitrogens with zero attached hydrogens (tertiary/aromatic N) is 1. The van der Waals surface area contributed by atoms with Crippen LogP contribution in [0.1, 0.15) is 24.5 Å². The molecule has 1 aliphatic rings. The predicted molar refractivity (Wildman–Crippen MR) is 73.5 cm³/mol. The molecular formula is C12H19N3O3S. The van der Waals surface area contributed by atoms with E-state index in [1.807, 2.05) is 0 Å². The van der Waals surface area contributed by atoms with Gasteiger partial charge in [-0.1, -0.05) is 12.1 Å². The summed E-state index contributed by atoms with van der Waals surface area (Å²) < 4.78 is 27.6. The summed E-state index contributed by atoms with van der Waals surface area (Å²) in [7, 11) is -3.47. The van der Waals surface area contributed by atoms with Crippen LogP contribution in [0.2, 0.25) is 0 Å². The summed E-state index contributed by atoms with van der Waals surface area (Å²) in [5.74, 6) is 0. The number of nitrogens with one attached hydrogen (secondary N) is 1. The van der Waals surface area contributed by atoms with Gasteiger partial charge in [-0.15, -0.1) is 0 Å². The Labute approximate surface area is 113 Å². The van der Waals surface area contributed by atoms with Crippen LogP contribution >= 0.6 is 0 Å². The van der Waals surface area contributed by atoms with Gasteiger partial charge in [0.15, 0.2) is 0 Å². The molecule has 1 aromatic rings. The first kappa shape index (κ1) is 14.3. The summed E-state index contributed by atoms with van der Waals surface area (Å²) in [6, 6.07) is 6.72. The third-order valence-electron chi connectivity index (χ3n) is 3.19. The van der Waals surface area contributed by atoms with Crippen molar-refractivity contribution in [3.63, 3.8) is 0 Å². The Morgan fingerprint density at radius 1 is 1.26 bits per heavy atom. The summed E-state index contributed by atoms with van der Waals surface area (Å²) in [6.07, 6.45) is 0.904. The number of aliphatic hydroxyl groups is 1. The van der Waals surface area contributed by atoms with Gasteiger partial charge in [0.2, 0.25) is 0 Å². The molecule has 1 saturated heterocycles. The highest BCUT2D eigenvalue weighted by Crippen LogP contribution is 2.15. The first-order chi connectivity index (χ1) is 8.99. The van der Waals surface area contributed by atoms with Gasteiger partial charge in [-0.3, -0.25) is 0 Å². The van der Waals surface area contributed by atoms with Crippen molar-refractivity contribution in [2.75, 3.05) is 25.4 Å². The van der Waals surface area contributed by atoms with Gasteiger partial charge in [-0.05, 0) is 30.5 Å². The molecule has 1 aliphatic heterocycles. The Balaban J connectivity index is 1.92. The molecule has 106 valence electrons. The zero-order valence-corrected chi connectivity index (χ0v) is 11.4. The molecule has 0 amide bonds. The normalized spacial score (nSPS) is 18.6. The number of rotatable bonds is 5. The molecule has 19 heavy (non-hydrogen) atoms. The smallest absolute Gasteiger partial charge is 0.279 e. The van der Waals surface area contributed by atoms with Crippen molar-refractivity contribution >= 4 is 15.9 Å². The standard InChI is InChI=1S/C12H19N3O3S/c13-11-5-3-10(4-6-11)12(16)9-14-19(17,18)15-7-1-2-8-15/h3-6,12,14,16H,1-2,7-9,13H2. The predicted octanol–water partition coefficient (Wildman–Crippen LogP) is 0.232. The molecule has 6 nitrogen and oxygen atoms in total. The van der Waals surface area contributed by atoms with Crippen molar-refractivity contribution in [2.24, 2.45) is 0 Å². The number of hydrogen-bond acceptors (Lipinski definition) is 4. The third-order valence-corrected chi connectivity index (χ3v) is 4.76. The van der Waals surface area contributed by atoms with Crippen molar-refractivity contribution in [1.82, 2.24) is 9.03 Å². The van der Waals surface area contributed by atoms with Gasteiger partial charge in [0.05, 0.1) is 6.10 Å². The number of aliphatic hydroxyl groups excluding tert-OH is 1. The molecule has 2 rings (SSSR count). The highest BCUT2D eigenvalue weighted by atomic mass is 32.2. The quantitative estimate of drug-likeness (QED) is 0.675. The molecular weight excluding hydrogens is 266 g/mol. The van der Waals surface area contributed by atoms with Gasteiger partial charge in [0.25, 0.3) is 10.2 Å². The van der Waals surface area contributed by atoms with E-state index in [0.29, 0.717) is 24.3 Å². The van der Waals surface area contributed by atoms with E-state index < -0.39 is 16.3 Å². The average molecular weight is 285 g/mol. The van der Waals surface area contributed by atoms with E-state index in [1.165, 1.54) is 4.31 Å². The van der Waals surface area contributed by atoms with Crippen LogP contribution in [0.25, 0.3) is 0 Å². The molecule has 0 spiro atoms. The zero-order valence-electron chi connectivity index (χ0n) is 10.6. The molecule has 0 radical (unpaired) electrons. The molecule has 0 bridgehead atoms. The van der Waals surface area contributed by atoms with Crippen molar-refractivity contribution in [1.29, 1.82) is 0 Å². The van der Waals surface area contributed by atoms with Crippen molar-refractivity contribution < 1.29 is 13.5 Å². The molecule has 1 fully saturated rings. The Hall–Kier alpha value is -1.15. The molecule has 0 saturated carbocycles. The van der Waals surface area contributed by atoms with Crippen LogP contribution in [0.3, 0.4) is 0 Å². The van der Waals surface area contributed by atoms with Crippen LogP contribution in [0.15, 0.2) is 24.3 Å². The summed E-state index contributed by atoms with van der Waals surface area (Å²) >= 11 is 0. The lowest BCUT2D eigenvalue weighted by molar-refractivity contribution is 0.181. The van der Waals surface area contributed by atoms with E-state index >= 15 is 0 Å². The SMILES string of the molecule is Nc1ccc(C(O)CNS(=O)(=O)N2CCCC2)cc1. The maximum Gasteiger partial charge on any atom is 0.279 e. The van der Waals surface area contributed by atoms with Crippen molar-refractivity contribution in [3.8, 4) is 0 Å². The van der Waals surface area contributed by atoms with E-state index in [4.69, 9.17) is 5.73 Å². The summed E-state index contributed by atoms with van der Waals surface area (Å²) in [5.41, 5.74) is 6.80. The van der Waals surface area contributed by atoms with Gasteiger partial charge in [0.1, 0.15) is 0 Å². The number of benzene rings is 1. The second kappa shape index (κ2) is 5.87. The van der Waals surface area contributed by atoms with Gasteiger partial charge in [-0.2, -0.15) is 17.4 Å². The highest BCUT2D eigenvalue weighted by molar-refractivity contribution is 7.87. The lowest BCUT2D eigenvalue weighted by atomic mass is 10.1. The van der Waals surface area contributed by atoms with Crippen LogP contribution in [0.4, 0.5) is 5.69 Å². The Morgan fingerprint density at radius 3 is 2.42 bits per heavy atom. The highest BCUT2D eigenvalue weighted by Gasteiger charge is 2.25. The fourth-order valence-corrected chi connectivity index (χ4v) is 3.33. The van der Waals surface area contributed by atoms with Gasteiger partial charge < -0.3 is 10.8 Å². The summed E-state index contributed by atoms with van der Waals surface area (Å²) in [4.78, 5) is 0. The summed E-state index contributed by atoms with van der Waals surface area (Å²) in [5, 5.41) is 9.93. The van der Waals surface area contributed by atoms with Gasteiger partial charge in [-0.25, -0.2) is 0 Å². The largest absolute Gasteiger partial charge is 0.399 e. The van der Waals surface area contributed by atoms with Crippen LogP contribution in [-0.4, -0.2) is 37.5 Å². The topological polar surface area (TPSA) is 95.7 Å². The fourth-order valence-electron chi connectivity index (χ4n) is 2.04. The lowest BCUT2D eigenvalue weighted by Crippen LogP contribution is -2.40. The first-order valence-corrected chi connectivity index (χ1v) is 7.71. The van der Waals surface area contributed by atoms with E-state index in [2.05, 4.69) is 4.72 Å². The minimum atomic E-state index is -3.47. The van der Waals surface area contributed by atoms with Crippen molar-refractivity contribution in [3.05, 3.63) is 29.8 Å². The third kappa shape index (κ3) is 3.66. The Bertz CT molecular complexity index is 510. The number of nitrogen functional groups attached to an aromatic ring is 1. The molecule has 1 heterocycles. The second-order valence-corrected chi connectivity index (χ2v) is 6.40. The Kier molecular flexibility index (Phi) is 4.41. The molecule has 1 atom stereocenters. The second-order valence-electron chi connectivity index (χ2n) is 4.64. The van der Waals surface area contributed by atoms with Crippen LogP contribution < -0.4 is 10.5 Å². The number of nitrogens with two attached hydrogens (primary N) is 1. The lowest BCUT2D eigenvalue weighted by Gasteiger charge is -2.18.